The van der Waals surface area contributed by atoms with Crippen molar-refractivity contribution in [3.8, 4) is 0 Å². The van der Waals surface area contributed by atoms with Crippen LogP contribution in [0.1, 0.15) is 0 Å². The summed E-state index contributed by atoms with van der Waals surface area (Å²) in [5.74, 6) is 0. The van der Waals surface area contributed by atoms with Crippen LogP contribution in [-0.2, 0) is 18.9 Å². The molecule has 0 saturated carbocycles. The van der Waals surface area contributed by atoms with Gasteiger partial charge in [0.1, 0.15) is 0 Å². The van der Waals surface area contributed by atoms with E-state index in [0.29, 0.717) is 39.6 Å². The predicted molar refractivity (Wildman–Crippen MR) is 53.9 cm³/mol. The molecule has 1 amide bonds. The molecule has 0 spiro atoms. The highest BCUT2D eigenvalue weighted by Crippen LogP contribution is 1.79. The summed E-state index contributed by atoms with van der Waals surface area (Å²) in [7, 11) is 2.94. The lowest BCUT2D eigenvalue weighted by atomic mass is 10.6. The first kappa shape index (κ1) is 14.2. The van der Waals surface area contributed by atoms with Gasteiger partial charge in [0.15, 0.2) is 0 Å². The van der Waals surface area contributed by atoms with Crippen LogP contribution in [0.3, 0.4) is 0 Å². The monoisotopic (exact) mass is 221 g/mol. The van der Waals surface area contributed by atoms with Gasteiger partial charge in [0.2, 0.25) is 0 Å². The first-order valence-electron chi connectivity index (χ1n) is 4.77. The van der Waals surface area contributed by atoms with E-state index in [1.807, 2.05) is 0 Å². The van der Waals surface area contributed by atoms with Gasteiger partial charge in [0, 0.05) is 13.7 Å². The third-order valence-electron chi connectivity index (χ3n) is 1.50. The zero-order chi connectivity index (χ0) is 11.4. The minimum Gasteiger partial charge on any atom is -0.453 e. The molecule has 0 saturated heterocycles. The van der Waals surface area contributed by atoms with Gasteiger partial charge in [-0.3, -0.25) is 0 Å². The van der Waals surface area contributed by atoms with Gasteiger partial charge in [0.05, 0.1) is 40.1 Å². The Kier molecular flexibility index (Phi) is 10.6. The number of hydrogen-bond donors (Lipinski definition) is 1. The van der Waals surface area contributed by atoms with Crippen molar-refractivity contribution >= 4 is 6.09 Å². The number of nitrogens with one attached hydrogen (secondary N) is 1. The summed E-state index contributed by atoms with van der Waals surface area (Å²) in [6.07, 6.45) is -0.449. The Labute approximate surface area is 89.8 Å². The predicted octanol–water partition coefficient (Wildman–Crippen LogP) is 0.0220. The van der Waals surface area contributed by atoms with Gasteiger partial charge in [-0.2, -0.15) is 0 Å². The molecule has 0 aliphatic heterocycles. The van der Waals surface area contributed by atoms with Crippen LogP contribution in [0.15, 0.2) is 0 Å². The van der Waals surface area contributed by atoms with Crippen molar-refractivity contribution in [1.29, 1.82) is 0 Å². The summed E-state index contributed by atoms with van der Waals surface area (Å²) in [4.78, 5) is 10.6. The molecule has 0 rings (SSSR count). The lowest BCUT2D eigenvalue weighted by Gasteiger charge is -2.06. The molecule has 15 heavy (non-hydrogen) atoms. The maximum absolute atomic E-state index is 10.6. The van der Waals surface area contributed by atoms with Gasteiger partial charge >= 0.3 is 6.09 Å². The molecule has 1 N–H and O–H groups in total. The molecule has 0 unspecified atom stereocenters. The van der Waals surface area contributed by atoms with Gasteiger partial charge < -0.3 is 24.3 Å². The average molecular weight is 221 g/mol. The molecule has 0 bridgehead atoms. The molecule has 0 fully saturated rings. The summed E-state index contributed by atoms with van der Waals surface area (Å²) in [6.45, 7) is 3.08. The van der Waals surface area contributed by atoms with E-state index in [1.54, 1.807) is 7.11 Å². The zero-order valence-electron chi connectivity index (χ0n) is 9.28. The maximum Gasteiger partial charge on any atom is 0.406 e. The quantitative estimate of drug-likeness (QED) is 0.556. The molecule has 6 heteroatoms. The van der Waals surface area contributed by atoms with Crippen LogP contribution < -0.4 is 5.32 Å². The van der Waals surface area contributed by atoms with Crippen LogP contribution in [0.25, 0.3) is 0 Å². The number of hydrogen-bond acceptors (Lipinski definition) is 5. The van der Waals surface area contributed by atoms with Crippen LogP contribution in [0, 0.1) is 0 Å². The molecule has 0 aliphatic rings. The highest BCUT2D eigenvalue weighted by atomic mass is 16.5. The number of methoxy groups -OCH3 is 2. The molecule has 0 aliphatic carbocycles. The summed E-state index contributed by atoms with van der Waals surface area (Å²) in [6, 6.07) is 0. The fourth-order valence-electron chi connectivity index (χ4n) is 0.762. The van der Waals surface area contributed by atoms with Crippen molar-refractivity contribution < 1.29 is 23.7 Å². The van der Waals surface area contributed by atoms with Crippen molar-refractivity contribution in [3.05, 3.63) is 0 Å². The molecule has 0 atom stereocenters. The smallest absolute Gasteiger partial charge is 0.406 e. The Balaban J connectivity index is 2.95. The van der Waals surface area contributed by atoms with Crippen LogP contribution in [-0.4, -0.2) is 59.9 Å². The molecule has 0 heterocycles. The first-order valence-corrected chi connectivity index (χ1v) is 4.77. The number of carbonyl (C=O) groups is 1. The minimum atomic E-state index is -0.449. The summed E-state index contributed by atoms with van der Waals surface area (Å²) >= 11 is 0. The summed E-state index contributed by atoms with van der Waals surface area (Å²) < 4.78 is 19.5. The van der Waals surface area contributed by atoms with Crippen molar-refractivity contribution in [2.24, 2.45) is 0 Å². The molecule has 90 valence electrons. The molecule has 0 aromatic carbocycles. The molecule has 0 radical (unpaired) electrons. The third-order valence-corrected chi connectivity index (χ3v) is 1.50. The fourth-order valence-corrected chi connectivity index (χ4v) is 0.762. The number of rotatable bonds is 9. The topological polar surface area (TPSA) is 66.0 Å². The van der Waals surface area contributed by atoms with Crippen LogP contribution >= 0.6 is 0 Å². The lowest BCUT2D eigenvalue weighted by molar-refractivity contribution is 0.0255. The Bertz CT molecular complexity index is 153. The van der Waals surface area contributed by atoms with E-state index in [1.165, 1.54) is 7.11 Å². The van der Waals surface area contributed by atoms with Crippen molar-refractivity contribution in [3.63, 3.8) is 0 Å². The van der Waals surface area contributed by atoms with E-state index in [4.69, 9.17) is 14.2 Å². The maximum atomic E-state index is 10.6. The molecular weight excluding hydrogens is 202 g/mol. The second kappa shape index (κ2) is 11.2. The van der Waals surface area contributed by atoms with E-state index in [0.717, 1.165) is 0 Å². The van der Waals surface area contributed by atoms with Crippen LogP contribution in [0.5, 0.6) is 0 Å². The van der Waals surface area contributed by atoms with E-state index in [9.17, 15) is 4.79 Å². The molecule has 0 aromatic rings. The highest BCUT2D eigenvalue weighted by Gasteiger charge is 1.96. The Hall–Kier alpha value is -0.850. The number of ether oxygens (including phenoxy) is 4. The van der Waals surface area contributed by atoms with E-state index >= 15 is 0 Å². The highest BCUT2D eigenvalue weighted by molar-refractivity contribution is 5.66. The lowest BCUT2D eigenvalue weighted by Crippen LogP contribution is -2.27. The second-order valence-electron chi connectivity index (χ2n) is 2.64. The SMILES string of the molecule is COCCOCCOCCNC(=O)OC. The van der Waals surface area contributed by atoms with Gasteiger partial charge in [-0.15, -0.1) is 0 Å². The number of alkyl carbamates (subject to hydrolysis) is 1. The van der Waals surface area contributed by atoms with Crippen LogP contribution in [0.4, 0.5) is 4.79 Å². The average Bonchev–Trinajstić information content (AvgIpc) is 2.26. The second-order valence-corrected chi connectivity index (χ2v) is 2.64. The zero-order valence-corrected chi connectivity index (χ0v) is 9.28. The van der Waals surface area contributed by atoms with Crippen molar-refractivity contribution in [2.45, 2.75) is 0 Å². The Morgan fingerprint density at radius 1 is 1.00 bits per heavy atom. The van der Waals surface area contributed by atoms with Crippen molar-refractivity contribution in [1.82, 2.24) is 5.32 Å². The Morgan fingerprint density at radius 3 is 2.20 bits per heavy atom. The third kappa shape index (κ3) is 11.1. The van der Waals surface area contributed by atoms with Crippen LogP contribution in [0.2, 0.25) is 0 Å². The molecule has 0 aromatic heterocycles. The Morgan fingerprint density at radius 2 is 1.60 bits per heavy atom. The minimum absolute atomic E-state index is 0.435. The first-order chi connectivity index (χ1) is 7.31. The number of carbonyl (C=O) groups excluding carboxylic acids is 1. The normalized spacial score (nSPS) is 10.0. The standard InChI is InChI=1S/C9H19NO5/c1-12-5-6-15-8-7-14-4-3-10-9(11)13-2/h3-8H2,1-2H3,(H,10,11). The van der Waals surface area contributed by atoms with Gasteiger partial charge in [-0.1, -0.05) is 0 Å². The van der Waals surface area contributed by atoms with Gasteiger partial charge in [-0.05, 0) is 0 Å². The van der Waals surface area contributed by atoms with E-state index < -0.39 is 6.09 Å². The fraction of sp³-hybridized carbons (Fsp3) is 0.889. The van der Waals surface area contributed by atoms with Gasteiger partial charge in [-0.25, -0.2) is 4.79 Å². The number of amides is 1. The summed E-state index contributed by atoms with van der Waals surface area (Å²) in [5, 5.41) is 2.50. The largest absolute Gasteiger partial charge is 0.453 e. The molecular formula is C9H19NO5. The van der Waals surface area contributed by atoms with E-state index in [2.05, 4.69) is 10.1 Å². The van der Waals surface area contributed by atoms with E-state index in [-0.39, 0.29) is 0 Å². The molecule has 6 nitrogen and oxygen atoms in total. The van der Waals surface area contributed by atoms with Crippen molar-refractivity contribution in [2.75, 3.05) is 53.8 Å². The summed E-state index contributed by atoms with van der Waals surface area (Å²) in [5.41, 5.74) is 0. The van der Waals surface area contributed by atoms with Gasteiger partial charge in [0.25, 0.3) is 0 Å².